The first-order valence-electron chi connectivity index (χ1n) is 4.72. The predicted molar refractivity (Wildman–Crippen MR) is 48.8 cm³/mol. The summed E-state index contributed by atoms with van der Waals surface area (Å²) >= 11 is 0. The molecule has 1 saturated heterocycles. The van der Waals surface area contributed by atoms with E-state index in [4.69, 9.17) is 24.4 Å². The zero-order valence-corrected chi connectivity index (χ0v) is 8.60. The van der Waals surface area contributed by atoms with Crippen LogP contribution in [0.4, 0.5) is 0 Å². The van der Waals surface area contributed by atoms with E-state index in [-0.39, 0.29) is 19.3 Å². The molecule has 14 heavy (non-hydrogen) atoms. The Balaban J connectivity index is 2.09. The van der Waals surface area contributed by atoms with Crippen LogP contribution in [0.3, 0.4) is 0 Å². The lowest BCUT2D eigenvalue weighted by atomic mass is 10.4. The van der Waals surface area contributed by atoms with Crippen molar-refractivity contribution < 1.29 is 24.4 Å². The van der Waals surface area contributed by atoms with Gasteiger partial charge in [-0.1, -0.05) is 0 Å². The highest BCUT2D eigenvalue weighted by Gasteiger charge is 2.32. The molecule has 1 fully saturated rings. The van der Waals surface area contributed by atoms with Crippen molar-refractivity contribution in [3.8, 4) is 0 Å². The molecule has 0 aromatic carbocycles. The maximum atomic E-state index is 8.99. The highest BCUT2D eigenvalue weighted by molar-refractivity contribution is 4.70. The molecule has 0 amide bonds. The highest BCUT2D eigenvalue weighted by atomic mass is 16.7. The molecule has 2 unspecified atom stereocenters. The van der Waals surface area contributed by atoms with Crippen molar-refractivity contribution in [3.05, 3.63) is 0 Å². The summed E-state index contributed by atoms with van der Waals surface area (Å²) in [6.07, 6.45) is -0.902. The van der Waals surface area contributed by atoms with Gasteiger partial charge in [0.05, 0.1) is 26.4 Å². The van der Waals surface area contributed by atoms with Crippen LogP contribution in [0, 0.1) is 0 Å². The molecule has 1 rings (SSSR count). The lowest BCUT2D eigenvalue weighted by molar-refractivity contribution is -0.146. The topological polar surface area (TPSA) is 68.2 Å². The Morgan fingerprint density at radius 1 is 1.57 bits per heavy atom. The Kier molecular flexibility index (Phi) is 4.28. The second-order valence-electron chi connectivity index (χ2n) is 3.82. The molecule has 0 saturated carbocycles. The molecule has 0 bridgehead atoms. The molecule has 0 aliphatic carbocycles. The first kappa shape index (κ1) is 11.9. The van der Waals surface area contributed by atoms with Crippen LogP contribution in [0.1, 0.15) is 13.8 Å². The van der Waals surface area contributed by atoms with Crippen LogP contribution in [0.25, 0.3) is 0 Å². The van der Waals surface area contributed by atoms with E-state index in [2.05, 4.69) is 0 Å². The lowest BCUT2D eigenvalue weighted by Gasteiger charge is -2.17. The number of aliphatic hydroxyl groups excluding tert-OH is 2. The third-order valence-electron chi connectivity index (χ3n) is 1.89. The average molecular weight is 206 g/mol. The van der Waals surface area contributed by atoms with Crippen LogP contribution in [0.2, 0.25) is 0 Å². The van der Waals surface area contributed by atoms with Gasteiger partial charge in [0.1, 0.15) is 12.2 Å². The minimum Gasteiger partial charge on any atom is -0.394 e. The van der Waals surface area contributed by atoms with Crippen LogP contribution in [0.5, 0.6) is 0 Å². The average Bonchev–Trinajstić information content (AvgIpc) is 2.45. The number of aliphatic hydroxyl groups is 2. The van der Waals surface area contributed by atoms with Crippen LogP contribution in [-0.2, 0) is 14.2 Å². The van der Waals surface area contributed by atoms with Crippen molar-refractivity contribution in [2.75, 3.05) is 26.4 Å². The molecular weight excluding hydrogens is 188 g/mol. The summed E-state index contributed by atoms with van der Waals surface area (Å²) < 4.78 is 15.9. The van der Waals surface area contributed by atoms with E-state index in [0.717, 1.165) is 0 Å². The third kappa shape index (κ3) is 3.89. The van der Waals surface area contributed by atoms with Gasteiger partial charge in [-0.2, -0.15) is 0 Å². The lowest BCUT2D eigenvalue weighted by Crippen LogP contribution is -2.26. The van der Waals surface area contributed by atoms with Gasteiger partial charge in [-0.05, 0) is 13.8 Å². The fourth-order valence-corrected chi connectivity index (χ4v) is 1.23. The predicted octanol–water partition coefficient (Wildman–Crippen LogP) is -0.492. The van der Waals surface area contributed by atoms with Crippen molar-refractivity contribution in [3.63, 3.8) is 0 Å². The molecule has 0 radical (unpaired) electrons. The number of rotatable bonds is 5. The molecule has 2 atom stereocenters. The van der Waals surface area contributed by atoms with Gasteiger partial charge in [0, 0.05) is 0 Å². The van der Waals surface area contributed by atoms with Crippen molar-refractivity contribution in [1.29, 1.82) is 0 Å². The van der Waals surface area contributed by atoms with Gasteiger partial charge in [0.15, 0.2) is 5.79 Å². The maximum absolute atomic E-state index is 8.99. The summed E-state index contributed by atoms with van der Waals surface area (Å²) in [5.74, 6) is -0.538. The van der Waals surface area contributed by atoms with E-state index in [1.54, 1.807) is 0 Å². The van der Waals surface area contributed by atoms with Crippen molar-refractivity contribution in [2.45, 2.75) is 31.8 Å². The summed E-state index contributed by atoms with van der Waals surface area (Å²) in [5.41, 5.74) is 0. The fourth-order valence-electron chi connectivity index (χ4n) is 1.23. The molecule has 0 aromatic rings. The zero-order valence-electron chi connectivity index (χ0n) is 8.60. The van der Waals surface area contributed by atoms with Gasteiger partial charge < -0.3 is 24.4 Å². The Hall–Kier alpha value is -0.200. The highest BCUT2D eigenvalue weighted by Crippen LogP contribution is 2.22. The van der Waals surface area contributed by atoms with Crippen LogP contribution < -0.4 is 0 Å². The first-order chi connectivity index (χ1) is 6.53. The van der Waals surface area contributed by atoms with Gasteiger partial charge in [-0.25, -0.2) is 0 Å². The second-order valence-corrected chi connectivity index (χ2v) is 3.82. The number of hydrogen-bond acceptors (Lipinski definition) is 5. The largest absolute Gasteiger partial charge is 0.394 e. The van der Waals surface area contributed by atoms with E-state index in [0.29, 0.717) is 13.2 Å². The molecule has 0 spiro atoms. The van der Waals surface area contributed by atoms with E-state index in [9.17, 15) is 0 Å². The van der Waals surface area contributed by atoms with Gasteiger partial charge in [0.2, 0.25) is 0 Å². The Labute approximate surface area is 83.6 Å². The smallest absolute Gasteiger partial charge is 0.163 e. The monoisotopic (exact) mass is 206 g/mol. The van der Waals surface area contributed by atoms with E-state index >= 15 is 0 Å². The molecule has 5 heteroatoms. The molecule has 2 N–H and O–H groups in total. The van der Waals surface area contributed by atoms with Crippen LogP contribution in [0.15, 0.2) is 0 Å². The number of hydrogen-bond donors (Lipinski definition) is 2. The molecule has 1 heterocycles. The second kappa shape index (κ2) is 5.04. The Morgan fingerprint density at radius 2 is 2.29 bits per heavy atom. The summed E-state index contributed by atoms with van der Waals surface area (Å²) in [6, 6.07) is 0. The molecule has 5 nitrogen and oxygen atoms in total. The van der Waals surface area contributed by atoms with Gasteiger partial charge in [0.25, 0.3) is 0 Å². The normalized spacial score (nSPS) is 27.9. The Bertz CT molecular complexity index is 171. The SMILES string of the molecule is CC1(C)OCC(COCC(O)CO)O1. The van der Waals surface area contributed by atoms with Crippen molar-refractivity contribution >= 4 is 0 Å². The van der Waals surface area contributed by atoms with Gasteiger partial charge >= 0.3 is 0 Å². The quantitative estimate of drug-likeness (QED) is 0.635. The van der Waals surface area contributed by atoms with Crippen LogP contribution in [-0.4, -0.2) is 54.6 Å². The summed E-state index contributed by atoms with van der Waals surface area (Å²) in [7, 11) is 0. The molecule has 1 aliphatic heterocycles. The van der Waals surface area contributed by atoms with E-state index < -0.39 is 11.9 Å². The van der Waals surface area contributed by atoms with Crippen LogP contribution >= 0.6 is 0 Å². The summed E-state index contributed by atoms with van der Waals surface area (Å²) in [4.78, 5) is 0. The van der Waals surface area contributed by atoms with Crippen molar-refractivity contribution in [1.82, 2.24) is 0 Å². The van der Waals surface area contributed by atoms with E-state index in [1.807, 2.05) is 13.8 Å². The molecule has 0 aromatic heterocycles. The minimum absolute atomic E-state index is 0.0871. The standard InChI is InChI=1S/C9H18O5/c1-9(2)13-6-8(14-9)5-12-4-7(11)3-10/h7-8,10-11H,3-6H2,1-2H3. The maximum Gasteiger partial charge on any atom is 0.163 e. The zero-order chi connectivity index (χ0) is 10.6. The molecular formula is C9H18O5. The Morgan fingerprint density at radius 3 is 2.79 bits per heavy atom. The first-order valence-corrected chi connectivity index (χ1v) is 4.72. The third-order valence-corrected chi connectivity index (χ3v) is 1.89. The van der Waals surface area contributed by atoms with E-state index in [1.165, 1.54) is 0 Å². The number of ether oxygens (including phenoxy) is 3. The fraction of sp³-hybridized carbons (Fsp3) is 1.00. The molecule has 84 valence electrons. The molecule has 1 aliphatic rings. The summed E-state index contributed by atoms with van der Waals surface area (Å²) in [6.45, 7) is 4.40. The summed E-state index contributed by atoms with van der Waals surface area (Å²) in [5, 5.41) is 17.5. The van der Waals surface area contributed by atoms with Crippen molar-refractivity contribution in [2.24, 2.45) is 0 Å². The van der Waals surface area contributed by atoms with Gasteiger partial charge in [-0.15, -0.1) is 0 Å². The van der Waals surface area contributed by atoms with Gasteiger partial charge in [-0.3, -0.25) is 0 Å². The minimum atomic E-state index is -0.815.